The summed E-state index contributed by atoms with van der Waals surface area (Å²) in [6.07, 6.45) is -4.33. The minimum Gasteiger partial charge on any atom is -0.369 e. The fourth-order valence-corrected chi connectivity index (χ4v) is 2.87. The quantitative estimate of drug-likeness (QED) is 0.912. The number of alkyl halides is 3. The summed E-state index contributed by atoms with van der Waals surface area (Å²) in [5.41, 5.74) is 5.91. The summed E-state index contributed by atoms with van der Waals surface area (Å²) in [7, 11) is 0. The van der Waals surface area contributed by atoms with E-state index in [-0.39, 0.29) is 18.2 Å². The van der Waals surface area contributed by atoms with Crippen molar-refractivity contribution in [3.05, 3.63) is 29.3 Å². The third-order valence-corrected chi connectivity index (χ3v) is 3.54. The van der Waals surface area contributed by atoms with Crippen LogP contribution in [0.3, 0.4) is 0 Å². The van der Waals surface area contributed by atoms with Crippen LogP contribution in [0.25, 0.3) is 0 Å². The third kappa shape index (κ3) is 3.68. The summed E-state index contributed by atoms with van der Waals surface area (Å²) < 4.78 is 44.2. The number of anilines is 1. The van der Waals surface area contributed by atoms with E-state index in [4.69, 9.17) is 10.5 Å². The van der Waals surface area contributed by atoms with Crippen LogP contribution in [0.2, 0.25) is 0 Å². The van der Waals surface area contributed by atoms with Crippen LogP contribution in [0, 0.1) is 0 Å². The van der Waals surface area contributed by atoms with Gasteiger partial charge in [-0.2, -0.15) is 13.2 Å². The van der Waals surface area contributed by atoms with Gasteiger partial charge < -0.3 is 15.4 Å². The molecule has 1 atom stereocenters. The Labute approximate surface area is 122 Å². The third-order valence-electron chi connectivity index (χ3n) is 3.54. The maximum Gasteiger partial charge on any atom is 0.416 e. The van der Waals surface area contributed by atoms with E-state index in [9.17, 15) is 13.2 Å². The van der Waals surface area contributed by atoms with Gasteiger partial charge in [0.05, 0.1) is 17.3 Å². The number of rotatable bonds is 2. The second kappa shape index (κ2) is 5.50. The molecule has 1 heterocycles. The highest BCUT2D eigenvalue weighted by molar-refractivity contribution is 5.56. The standard InChI is InChI=1S/C15H21F3N2O/c1-10-8-20(9-14(2,3)21-10)13-5-4-12(15(16,17)18)6-11(13)7-19/h4-6,10H,7-9,19H2,1-3H3. The monoisotopic (exact) mass is 302 g/mol. The molecule has 1 unspecified atom stereocenters. The number of nitrogens with two attached hydrogens (primary N) is 1. The van der Waals surface area contributed by atoms with Crippen molar-refractivity contribution in [3.63, 3.8) is 0 Å². The highest BCUT2D eigenvalue weighted by Crippen LogP contribution is 2.34. The fraction of sp³-hybridized carbons (Fsp3) is 0.600. The van der Waals surface area contributed by atoms with E-state index in [0.29, 0.717) is 18.7 Å². The van der Waals surface area contributed by atoms with Crippen molar-refractivity contribution in [1.29, 1.82) is 0 Å². The molecule has 6 heteroatoms. The fourth-order valence-electron chi connectivity index (χ4n) is 2.87. The zero-order valence-corrected chi connectivity index (χ0v) is 12.5. The maximum atomic E-state index is 12.8. The van der Waals surface area contributed by atoms with E-state index < -0.39 is 11.7 Å². The molecule has 3 nitrogen and oxygen atoms in total. The van der Waals surface area contributed by atoms with Crippen molar-refractivity contribution in [3.8, 4) is 0 Å². The summed E-state index contributed by atoms with van der Waals surface area (Å²) in [6.45, 7) is 7.24. The van der Waals surface area contributed by atoms with Gasteiger partial charge in [-0.05, 0) is 44.5 Å². The van der Waals surface area contributed by atoms with Crippen LogP contribution in [0.15, 0.2) is 18.2 Å². The highest BCUT2D eigenvalue weighted by atomic mass is 19.4. The van der Waals surface area contributed by atoms with Crippen LogP contribution in [0.4, 0.5) is 18.9 Å². The first-order valence-electron chi connectivity index (χ1n) is 6.95. The van der Waals surface area contributed by atoms with Gasteiger partial charge in [0.2, 0.25) is 0 Å². The van der Waals surface area contributed by atoms with Gasteiger partial charge in [0.15, 0.2) is 0 Å². The molecule has 1 aromatic rings. The lowest BCUT2D eigenvalue weighted by Gasteiger charge is -2.43. The summed E-state index contributed by atoms with van der Waals surface area (Å²) in [6, 6.07) is 3.77. The Balaban J connectivity index is 2.35. The normalized spacial score (nSPS) is 22.4. The van der Waals surface area contributed by atoms with E-state index in [1.54, 1.807) is 0 Å². The average Bonchev–Trinajstić information content (AvgIpc) is 2.34. The van der Waals surface area contributed by atoms with E-state index in [2.05, 4.69) is 4.90 Å². The van der Waals surface area contributed by atoms with E-state index in [0.717, 1.165) is 17.8 Å². The zero-order valence-electron chi connectivity index (χ0n) is 12.5. The molecule has 2 N–H and O–H groups in total. The largest absolute Gasteiger partial charge is 0.416 e. The molecule has 0 saturated carbocycles. The lowest BCUT2D eigenvalue weighted by molar-refractivity contribution is -0.137. The van der Waals surface area contributed by atoms with Gasteiger partial charge >= 0.3 is 6.18 Å². The Morgan fingerprint density at radius 1 is 1.38 bits per heavy atom. The number of nitrogens with zero attached hydrogens (tertiary/aromatic N) is 1. The minimum absolute atomic E-state index is 0.0154. The van der Waals surface area contributed by atoms with Gasteiger partial charge in [0.1, 0.15) is 0 Å². The number of benzene rings is 1. The SMILES string of the molecule is CC1CN(c2ccc(C(F)(F)F)cc2CN)CC(C)(C)O1. The zero-order chi connectivity index (χ0) is 15.8. The molecule has 2 rings (SSSR count). The smallest absolute Gasteiger partial charge is 0.369 e. The maximum absolute atomic E-state index is 12.8. The van der Waals surface area contributed by atoms with Crippen molar-refractivity contribution in [2.45, 2.75) is 45.2 Å². The molecule has 0 aliphatic carbocycles. The molecule has 1 saturated heterocycles. The van der Waals surface area contributed by atoms with Crippen molar-refractivity contribution >= 4 is 5.69 Å². The number of halogens is 3. The second-order valence-corrected chi connectivity index (χ2v) is 6.11. The van der Waals surface area contributed by atoms with Crippen LogP contribution in [-0.2, 0) is 17.5 Å². The molecule has 21 heavy (non-hydrogen) atoms. The minimum atomic E-state index is -4.35. The molecule has 0 bridgehead atoms. The van der Waals surface area contributed by atoms with Crippen molar-refractivity contribution in [2.24, 2.45) is 5.73 Å². The molecule has 0 aromatic heterocycles. The molecule has 1 aliphatic heterocycles. The van der Waals surface area contributed by atoms with Crippen molar-refractivity contribution in [2.75, 3.05) is 18.0 Å². The van der Waals surface area contributed by atoms with Crippen LogP contribution in [0.1, 0.15) is 31.9 Å². The summed E-state index contributed by atoms with van der Waals surface area (Å²) in [5.74, 6) is 0. The summed E-state index contributed by atoms with van der Waals surface area (Å²) in [5, 5.41) is 0. The molecular formula is C15H21F3N2O. The molecule has 0 amide bonds. The molecule has 0 spiro atoms. The van der Waals surface area contributed by atoms with Crippen LogP contribution in [-0.4, -0.2) is 24.8 Å². The molecule has 118 valence electrons. The highest BCUT2D eigenvalue weighted by Gasteiger charge is 2.34. The second-order valence-electron chi connectivity index (χ2n) is 6.11. The van der Waals surface area contributed by atoms with Gasteiger partial charge in [-0.25, -0.2) is 0 Å². The topological polar surface area (TPSA) is 38.5 Å². The first kappa shape index (κ1) is 16.1. The number of morpholine rings is 1. The Bertz CT molecular complexity index is 514. The number of hydrogen-bond acceptors (Lipinski definition) is 3. The molecule has 1 fully saturated rings. The van der Waals surface area contributed by atoms with Crippen LogP contribution in [0.5, 0.6) is 0 Å². The van der Waals surface area contributed by atoms with Gasteiger partial charge in [-0.3, -0.25) is 0 Å². The van der Waals surface area contributed by atoms with Crippen LogP contribution < -0.4 is 10.6 Å². The molecule has 1 aliphatic rings. The molecule has 1 aromatic carbocycles. The summed E-state index contributed by atoms with van der Waals surface area (Å²) in [4.78, 5) is 2.05. The van der Waals surface area contributed by atoms with Gasteiger partial charge in [0.25, 0.3) is 0 Å². The number of hydrogen-bond donors (Lipinski definition) is 1. The Hall–Kier alpha value is -1.27. The van der Waals surface area contributed by atoms with Crippen molar-refractivity contribution in [1.82, 2.24) is 0 Å². The average molecular weight is 302 g/mol. The van der Waals surface area contributed by atoms with E-state index in [1.165, 1.54) is 6.07 Å². The van der Waals surface area contributed by atoms with Gasteiger partial charge in [-0.1, -0.05) is 0 Å². The Kier molecular flexibility index (Phi) is 4.22. The lowest BCUT2D eigenvalue weighted by Crippen LogP contribution is -2.52. The molecular weight excluding hydrogens is 281 g/mol. The van der Waals surface area contributed by atoms with Gasteiger partial charge in [-0.15, -0.1) is 0 Å². The van der Waals surface area contributed by atoms with Crippen LogP contribution >= 0.6 is 0 Å². The number of ether oxygens (including phenoxy) is 1. The Morgan fingerprint density at radius 3 is 2.57 bits per heavy atom. The lowest BCUT2D eigenvalue weighted by atomic mass is 10.0. The predicted octanol–water partition coefficient (Wildman–Crippen LogP) is 3.17. The first-order valence-corrected chi connectivity index (χ1v) is 6.95. The summed E-state index contributed by atoms with van der Waals surface area (Å²) >= 11 is 0. The molecule has 0 radical (unpaired) electrons. The van der Waals surface area contributed by atoms with E-state index in [1.807, 2.05) is 20.8 Å². The van der Waals surface area contributed by atoms with E-state index >= 15 is 0 Å². The van der Waals surface area contributed by atoms with Gasteiger partial charge in [0, 0.05) is 25.3 Å². The Morgan fingerprint density at radius 2 is 2.05 bits per heavy atom. The van der Waals surface area contributed by atoms with Crippen molar-refractivity contribution < 1.29 is 17.9 Å². The predicted molar refractivity (Wildman–Crippen MR) is 76.2 cm³/mol. The first-order chi connectivity index (χ1) is 9.62.